The van der Waals surface area contributed by atoms with E-state index in [-0.39, 0.29) is 38.4 Å². The van der Waals surface area contributed by atoms with E-state index in [1.807, 2.05) is 183 Å². The fourth-order valence-electron chi connectivity index (χ4n) is 12.6. The largest absolute Gasteiger partial charge is 0.324 e. The maximum atomic E-state index is 13.2. The van der Waals surface area contributed by atoms with Crippen LogP contribution in [0.2, 0.25) is 20.5 Å². The van der Waals surface area contributed by atoms with E-state index in [0.29, 0.717) is 13.0 Å². The number of hydrogen-bond acceptors (Lipinski definition) is 13. The molecule has 5 heterocycles. The van der Waals surface area contributed by atoms with E-state index in [0.717, 1.165) is 98.6 Å². The predicted molar refractivity (Wildman–Crippen MR) is 518 cm³/mol. The summed E-state index contributed by atoms with van der Waals surface area (Å²) < 4.78 is 13.5. The average molecular weight is 1830 g/mol. The Balaban J connectivity index is 0.000000173. The van der Waals surface area contributed by atoms with Crippen LogP contribution in [0.25, 0.3) is 102 Å². The van der Waals surface area contributed by atoms with Crippen molar-refractivity contribution in [1.29, 1.82) is 0 Å². The monoisotopic (exact) mass is 1830 g/mol. The van der Waals surface area contributed by atoms with Crippen molar-refractivity contribution < 1.29 is 49.7 Å². The number of nitrogens with one attached hydrogen (secondary N) is 4. The first-order chi connectivity index (χ1) is 58.7. The molecule has 0 aliphatic carbocycles. The van der Waals surface area contributed by atoms with Crippen LogP contribution in [0.1, 0.15) is 82.1 Å². The Kier molecular flexibility index (Phi) is 37.2. The van der Waals surface area contributed by atoms with E-state index >= 15 is 0 Å². The van der Waals surface area contributed by atoms with Crippen molar-refractivity contribution in [3.8, 4) is 5.69 Å². The Bertz CT molecular complexity index is 6110. The van der Waals surface area contributed by atoms with Gasteiger partial charge in [-0.3, -0.25) is 25.3 Å². The van der Waals surface area contributed by atoms with Crippen LogP contribution in [-0.4, -0.2) is 81.0 Å². The molecule has 0 bridgehead atoms. The third kappa shape index (κ3) is 28.2. The van der Waals surface area contributed by atoms with Gasteiger partial charge < -0.3 is 25.8 Å². The zero-order valence-corrected chi connectivity index (χ0v) is 74.2. The zero-order valence-electron chi connectivity index (χ0n) is 69.5. The van der Waals surface area contributed by atoms with E-state index in [1.54, 1.807) is 68.4 Å². The maximum Gasteiger partial charge on any atom is 0.324 e. The van der Waals surface area contributed by atoms with Crippen LogP contribution in [0, 0.1) is 20.8 Å². The van der Waals surface area contributed by atoms with Gasteiger partial charge in [0, 0.05) is 118 Å². The number of rotatable bonds is 18. The summed E-state index contributed by atoms with van der Waals surface area (Å²) in [6, 6.07) is 87.2. The number of urea groups is 1. The summed E-state index contributed by atoms with van der Waals surface area (Å²) in [5, 5.41) is 47.6. The second-order valence-corrected chi connectivity index (χ2v) is 30.5. The minimum absolute atomic E-state index is 0. The first kappa shape index (κ1) is 93.7. The van der Waals surface area contributed by atoms with Gasteiger partial charge in [-0.25, -0.2) is 9.48 Å². The van der Waals surface area contributed by atoms with Gasteiger partial charge in [-0.05, 0) is 213 Å². The quantitative estimate of drug-likeness (QED) is 0.0205. The number of benzene rings is 11. The standard InChI is InChI=1S/C32H31N5O.C18H17BN2O.C18H15N.C11H11BBrNO.C11H9Br.C7H7N.C2H5B2O3.Pd/c1-22-9-14-25(15-10-22)37-30(21-29(36-37)32(2,3)4)35-31(38)34-28-16-13-24(26-7-5-6-8-27(26)28)12-11-23-17-19-33-20-18-23;1-19(22)21-18-9-8-15(16-4-2-3-5-17(16)18)7-6-14-10-12-20-13-11-14;1-14-6-8-16(18-5-3-2-4-17(14)18)9-7-15-10-12-19-13-11-15;1-12(15)14-11-7-6-10(13)8-4-2-3-5-9(8)11;1-8-6-7-11(12)10-5-3-2-4-9(8)10;1-2-7-3-5-8-6-4-7;1-3-7-6-2-4-5;/h5-21H,1-4H3,(H2,34,35,38);2-13,21-22H,1H3;2-13H,1H3;2-7,14-15H,1H3;2-7H,1H3;2-6H,1H2;2H2,1H3;/b12-11+;7-6+;9-7+;;;;;. The predicted octanol–water partition coefficient (Wildman–Crippen LogP) is 24.8. The minimum atomic E-state index is -0.582. The third-order valence-electron chi connectivity index (χ3n) is 18.8. The van der Waals surface area contributed by atoms with Crippen molar-refractivity contribution in [3.05, 3.63) is 387 Å². The van der Waals surface area contributed by atoms with Crippen molar-refractivity contribution in [2.45, 2.75) is 67.4 Å². The summed E-state index contributed by atoms with van der Waals surface area (Å²) in [4.78, 5) is 37.6. The Labute approximate surface area is 747 Å². The number of amides is 2. The molecule has 11 aromatic carbocycles. The molecule has 5 aromatic heterocycles. The molecule has 2 amide bonds. The molecule has 0 aliphatic heterocycles. The zero-order chi connectivity index (χ0) is 85.9. The summed E-state index contributed by atoms with van der Waals surface area (Å²) in [6.07, 6.45) is 28.6. The van der Waals surface area contributed by atoms with Gasteiger partial charge in [-0.2, -0.15) is 5.10 Å². The van der Waals surface area contributed by atoms with Crippen LogP contribution in [0.5, 0.6) is 0 Å². The Hall–Kier alpha value is -12.1. The molecular formula is C99H95B4Br2N10O6Pd. The summed E-state index contributed by atoms with van der Waals surface area (Å²) in [5.74, 6) is 0.609. The molecule has 0 saturated carbocycles. The van der Waals surface area contributed by atoms with Crippen molar-refractivity contribution in [3.63, 3.8) is 0 Å². The molecule has 16 nitrogen and oxygen atoms in total. The van der Waals surface area contributed by atoms with E-state index in [2.05, 4.69) is 257 Å². The summed E-state index contributed by atoms with van der Waals surface area (Å²) in [6.45, 7) is 21.3. The Morgan fingerprint density at radius 3 is 1.22 bits per heavy atom. The average Bonchev–Trinajstić information content (AvgIpc) is 1.52. The fraction of sp³-hybridized carbons (Fsp3) is 0.111. The molecule has 6 N–H and O–H groups in total. The van der Waals surface area contributed by atoms with Gasteiger partial charge in [0.15, 0.2) is 0 Å². The summed E-state index contributed by atoms with van der Waals surface area (Å²) in [5.41, 5.74) is 16.0. The number of carbonyl (C=O) groups is 1. The number of fused-ring (bicyclic) bond motifs is 5. The smallest absolute Gasteiger partial charge is 0.307 e. The SMILES string of the molecule is C=Cc1ccncc1.CB(O)Nc1ccc(/C=C/c2ccncc2)c2ccccc12.CB(O)Nc1ccc(Br)c2ccccc12.C[B]OOCB=O.Cc1ccc(-n2nc(C(C)(C)C)cc2NC(=O)Nc2ccc(/C=C/c3ccncc3)c3ccccc23)cc1.Cc1ccc(/C=C/c2ccncc2)c2ccccc12.Cc1ccc(Br)c2ccccc12.[Pd]. The van der Waals surface area contributed by atoms with Gasteiger partial charge in [0.1, 0.15) is 5.82 Å². The van der Waals surface area contributed by atoms with Crippen molar-refractivity contribution >= 4 is 186 Å². The van der Waals surface area contributed by atoms with Crippen LogP contribution in [0.15, 0.2) is 326 Å². The Morgan fingerprint density at radius 2 is 0.811 bits per heavy atom. The molecule has 0 fully saturated rings. The number of nitrogens with zero attached hydrogens (tertiary/aromatic N) is 6. The molecule has 0 aliphatic rings. The van der Waals surface area contributed by atoms with Gasteiger partial charge in [0.25, 0.3) is 0 Å². The first-order valence-corrected chi connectivity index (χ1v) is 41.0. The molecular weight excluding hydrogens is 1730 g/mol. The first-order valence-electron chi connectivity index (χ1n) is 39.4. The second kappa shape index (κ2) is 48.4. The molecule has 0 spiro atoms. The van der Waals surface area contributed by atoms with Crippen LogP contribution >= 0.6 is 31.9 Å². The fourth-order valence-corrected chi connectivity index (χ4v) is 13.6. The molecule has 1 radical (unpaired) electrons. The topological polar surface area (TPSA) is 211 Å². The number of anilines is 4. The van der Waals surface area contributed by atoms with E-state index in [1.165, 1.54) is 55.8 Å². The third-order valence-corrected chi connectivity index (χ3v) is 20.1. The normalized spacial score (nSPS) is 10.7. The van der Waals surface area contributed by atoms with Gasteiger partial charge in [-0.1, -0.05) is 271 Å². The van der Waals surface area contributed by atoms with Crippen LogP contribution in [-0.2, 0) is 40.2 Å². The molecule has 16 rings (SSSR count). The maximum absolute atomic E-state index is 13.2. The van der Waals surface area contributed by atoms with Crippen LogP contribution in [0.3, 0.4) is 0 Å². The molecule has 23 heteroatoms. The number of aryl methyl sites for hydroxylation is 3. The van der Waals surface area contributed by atoms with Crippen molar-refractivity contribution in [2.24, 2.45) is 0 Å². The molecule has 16 aromatic rings. The molecule has 0 unspecified atom stereocenters. The number of hydrogen-bond donors (Lipinski definition) is 6. The number of pyridine rings is 4. The van der Waals surface area contributed by atoms with Crippen LogP contribution in [0.4, 0.5) is 27.7 Å². The van der Waals surface area contributed by atoms with Gasteiger partial charge >= 0.3 is 62.5 Å². The molecule has 0 atom stereocenters. The van der Waals surface area contributed by atoms with Crippen molar-refractivity contribution in [2.75, 3.05) is 27.6 Å². The molecule has 613 valence electrons. The number of aromatic nitrogens is 6. The Morgan fingerprint density at radius 1 is 0.459 bits per heavy atom. The van der Waals surface area contributed by atoms with Crippen LogP contribution < -0.4 is 21.1 Å². The van der Waals surface area contributed by atoms with Gasteiger partial charge in [0.05, 0.1) is 17.1 Å². The number of carbonyl (C=O) groups excluding carboxylic acids is 1. The molecule has 0 saturated heterocycles. The molecule has 122 heavy (non-hydrogen) atoms. The summed E-state index contributed by atoms with van der Waals surface area (Å²) in [7, 11) is 0.837. The van der Waals surface area contributed by atoms with E-state index in [4.69, 9.17) is 5.10 Å². The van der Waals surface area contributed by atoms with Gasteiger partial charge in [0.2, 0.25) is 0 Å². The van der Waals surface area contributed by atoms with E-state index in [9.17, 15) is 19.5 Å². The summed E-state index contributed by atoms with van der Waals surface area (Å²) >= 11 is 7.04. The number of halogens is 2. The minimum Gasteiger partial charge on any atom is -0.307 e. The van der Waals surface area contributed by atoms with Gasteiger partial charge in [-0.15, -0.1) is 0 Å². The van der Waals surface area contributed by atoms with Crippen molar-refractivity contribution in [1.82, 2.24) is 29.7 Å². The van der Waals surface area contributed by atoms with E-state index < -0.39 is 14.1 Å². The second-order valence-electron chi connectivity index (χ2n) is 28.8.